The number of pyridine rings is 1. The van der Waals surface area contributed by atoms with E-state index < -0.39 is 0 Å². The Balaban J connectivity index is 1.46. The molecule has 4 rings (SSSR count). The van der Waals surface area contributed by atoms with Gasteiger partial charge in [0.1, 0.15) is 10.8 Å². The summed E-state index contributed by atoms with van der Waals surface area (Å²) in [7, 11) is 0. The highest BCUT2D eigenvalue weighted by atomic mass is 32.2. The van der Waals surface area contributed by atoms with Gasteiger partial charge in [0.05, 0.1) is 11.8 Å². The molecule has 0 unspecified atom stereocenters. The van der Waals surface area contributed by atoms with Crippen LogP contribution in [0, 0.1) is 0 Å². The second kappa shape index (κ2) is 8.18. The topological polar surface area (TPSA) is 62.2 Å². The Morgan fingerprint density at radius 3 is 2.44 bits per heavy atom. The molecule has 0 saturated carbocycles. The van der Waals surface area contributed by atoms with Crippen LogP contribution in [0.4, 0.5) is 5.82 Å². The lowest BCUT2D eigenvalue weighted by atomic mass is 10.2. The summed E-state index contributed by atoms with van der Waals surface area (Å²) < 4.78 is 0. The van der Waals surface area contributed by atoms with Crippen molar-refractivity contribution >= 4 is 23.5 Å². The number of rotatable bonds is 4. The van der Waals surface area contributed by atoms with Gasteiger partial charge in [-0.15, -0.1) is 0 Å². The smallest absolute Gasteiger partial charge is 0.256 e. The van der Waals surface area contributed by atoms with E-state index in [4.69, 9.17) is 0 Å². The van der Waals surface area contributed by atoms with Gasteiger partial charge in [0.2, 0.25) is 0 Å². The summed E-state index contributed by atoms with van der Waals surface area (Å²) in [6, 6.07) is 13.7. The first-order chi connectivity index (χ1) is 13.3. The molecule has 27 heavy (non-hydrogen) atoms. The molecule has 0 radical (unpaired) electrons. The average Bonchev–Trinajstić information content (AvgIpc) is 2.75. The van der Waals surface area contributed by atoms with E-state index in [1.54, 1.807) is 24.8 Å². The molecule has 1 aliphatic heterocycles. The molecule has 3 aromatic rings. The van der Waals surface area contributed by atoms with Crippen molar-refractivity contribution in [2.24, 2.45) is 0 Å². The van der Waals surface area contributed by atoms with Crippen molar-refractivity contribution in [3.05, 3.63) is 72.8 Å². The molecular weight excluding hydrogens is 358 g/mol. The maximum absolute atomic E-state index is 13.1. The summed E-state index contributed by atoms with van der Waals surface area (Å²) in [4.78, 5) is 31.1. The average molecular weight is 377 g/mol. The highest BCUT2D eigenvalue weighted by Crippen LogP contribution is 2.29. The first kappa shape index (κ1) is 17.5. The van der Waals surface area contributed by atoms with Gasteiger partial charge in [-0.25, -0.2) is 9.97 Å². The standard InChI is InChI=1S/C20H19N5OS/c26-20(25-13-11-24(12-14-25)18-15-21-9-10-22-18)17-7-4-8-23-19(17)27-16-5-2-1-3-6-16/h1-10,15H,11-14H2. The molecule has 2 aromatic heterocycles. The first-order valence-electron chi connectivity index (χ1n) is 8.79. The summed E-state index contributed by atoms with van der Waals surface area (Å²) >= 11 is 1.52. The van der Waals surface area contributed by atoms with E-state index in [0.29, 0.717) is 18.7 Å². The van der Waals surface area contributed by atoms with Gasteiger partial charge in [-0.05, 0) is 24.3 Å². The molecule has 3 heterocycles. The van der Waals surface area contributed by atoms with Crippen LogP contribution in [-0.4, -0.2) is 51.9 Å². The van der Waals surface area contributed by atoms with Gasteiger partial charge in [0.25, 0.3) is 5.91 Å². The van der Waals surface area contributed by atoms with Crippen molar-refractivity contribution in [1.29, 1.82) is 0 Å². The van der Waals surface area contributed by atoms with Crippen LogP contribution in [0.3, 0.4) is 0 Å². The van der Waals surface area contributed by atoms with E-state index in [9.17, 15) is 4.79 Å². The predicted molar refractivity (Wildman–Crippen MR) is 105 cm³/mol. The number of piperazine rings is 1. The fourth-order valence-corrected chi connectivity index (χ4v) is 3.89. The molecule has 1 aliphatic rings. The fourth-order valence-electron chi connectivity index (χ4n) is 3.00. The lowest BCUT2D eigenvalue weighted by Gasteiger charge is -2.35. The quantitative estimate of drug-likeness (QED) is 0.697. The molecule has 1 aromatic carbocycles. The molecule has 0 N–H and O–H groups in total. The maximum Gasteiger partial charge on any atom is 0.256 e. The van der Waals surface area contributed by atoms with Crippen LogP contribution >= 0.6 is 11.8 Å². The van der Waals surface area contributed by atoms with Gasteiger partial charge < -0.3 is 9.80 Å². The number of hydrogen-bond donors (Lipinski definition) is 0. The minimum absolute atomic E-state index is 0.0281. The Labute approximate surface area is 162 Å². The number of anilines is 1. The molecule has 0 atom stereocenters. The third-order valence-corrected chi connectivity index (χ3v) is 5.43. The Bertz CT molecular complexity index is 899. The van der Waals surface area contributed by atoms with Gasteiger partial charge in [0, 0.05) is 49.7 Å². The van der Waals surface area contributed by atoms with E-state index in [1.165, 1.54) is 11.8 Å². The number of nitrogens with zero attached hydrogens (tertiary/aromatic N) is 5. The van der Waals surface area contributed by atoms with Crippen LogP contribution in [0.25, 0.3) is 0 Å². The molecule has 0 spiro atoms. The van der Waals surface area contributed by atoms with Gasteiger partial charge in [0.15, 0.2) is 0 Å². The molecule has 1 amide bonds. The minimum Gasteiger partial charge on any atom is -0.352 e. The van der Waals surface area contributed by atoms with Gasteiger partial charge in [-0.2, -0.15) is 0 Å². The Kier molecular flexibility index (Phi) is 5.29. The number of carbonyl (C=O) groups is 1. The molecule has 1 fully saturated rings. The van der Waals surface area contributed by atoms with Crippen LogP contribution in [-0.2, 0) is 0 Å². The molecule has 136 valence electrons. The zero-order chi connectivity index (χ0) is 18.5. The van der Waals surface area contributed by atoms with Crippen molar-refractivity contribution in [3.63, 3.8) is 0 Å². The molecule has 7 heteroatoms. The Morgan fingerprint density at radius 1 is 0.889 bits per heavy atom. The van der Waals surface area contributed by atoms with Gasteiger partial charge >= 0.3 is 0 Å². The van der Waals surface area contributed by atoms with E-state index in [-0.39, 0.29) is 5.91 Å². The monoisotopic (exact) mass is 377 g/mol. The zero-order valence-corrected chi connectivity index (χ0v) is 15.5. The number of carbonyl (C=O) groups excluding carboxylic acids is 1. The van der Waals surface area contributed by atoms with Crippen LogP contribution < -0.4 is 4.90 Å². The Hall–Kier alpha value is -2.93. The third-order valence-electron chi connectivity index (χ3n) is 4.40. The largest absolute Gasteiger partial charge is 0.352 e. The molecule has 0 bridgehead atoms. The SMILES string of the molecule is O=C(c1cccnc1Sc1ccccc1)N1CCN(c2cnccn2)CC1. The minimum atomic E-state index is 0.0281. The number of amides is 1. The van der Waals surface area contributed by atoms with E-state index in [1.807, 2.05) is 47.4 Å². The molecular formula is C20H19N5OS. The summed E-state index contributed by atoms with van der Waals surface area (Å²) in [5, 5.41) is 0.741. The number of benzene rings is 1. The van der Waals surface area contributed by atoms with Crippen molar-refractivity contribution < 1.29 is 4.79 Å². The summed E-state index contributed by atoms with van der Waals surface area (Å²) in [6.07, 6.45) is 6.84. The second-order valence-corrected chi connectivity index (χ2v) is 7.18. The zero-order valence-electron chi connectivity index (χ0n) is 14.7. The van der Waals surface area contributed by atoms with Crippen molar-refractivity contribution in [3.8, 4) is 0 Å². The first-order valence-corrected chi connectivity index (χ1v) is 9.61. The highest BCUT2D eigenvalue weighted by molar-refractivity contribution is 7.99. The van der Waals surface area contributed by atoms with Crippen molar-refractivity contribution in [2.45, 2.75) is 9.92 Å². The maximum atomic E-state index is 13.1. The summed E-state index contributed by atoms with van der Waals surface area (Å²) in [6.45, 7) is 2.79. The van der Waals surface area contributed by atoms with Gasteiger partial charge in [-0.1, -0.05) is 30.0 Å². The lowest BCUT2D eigenvalue weighted by Crippen LogP contribution is -2.49. The summed E-state index contributed by atoms with van der Waals surface area (Å²) in [5.74, 6) is 0.881. The van der Waals surface area contributed by atoms with Crippen LogP contribution in [0.2, 0.25) is 0 Å². The third kappa shape index (κ3) is 4.09. The van der Waals surface area contributed by atoms with E-state index in [2.05, 4.69) is 19.9 Å². The van der Waals surface area contributed by atoms with Crippen molar-refractivity contribution in [1.82, 2.24) is 19.9 Å². The van der Waals surface area contributed by atoms with Crippen LogP contribution in [0.15, 0.2) is 77.2 Å². The predicted octanol–water partition coefficient (Wildman–Crippen LogP) is 2.99. The Morgan fingerprint density at radius 2 is 1.70 bits per heavy atom. The molecule has 6 nitrogen and oxygen atoms in total. The van der Waals surface area contributed by atoms with Crippen LogP contribution in [0.5, 0.6) is 0 Å². The fraction of sp³-hybridized carbons (Fsp3) is 0.200. The lowest BCUT2D eigenvalue weighted by molar-refractivity contribution is 0.0742. The normalized spacial score (nSPS) is 14.2. The van der Waals surface area contributed by atoms with E-state index in [0.717, 1.165) is 28.8 Å². The highest BCUT2D eigenvalue weighted by Gasteiger charge is 2.25. The van der Waals surface area contributed by atoms with Gasteiger partial charge in [-0.3, -0.25) is 9.78 Å². The van der Waals surface area contributed by atoms with E-state index >= 15 is 0 Å². The molecule has 1 saturated heterocycles. The molecule has 0 aliphatic carbocycles. The number of hydrogen-bond acceptors (Lipinski definition) is 6. The van der Waals surface area contributed by atoms with Crippen molar-refractivity contribution in [2.75, 3.05) is 31.1 Å². The van der Waals surface area contributed by atoms with Crippen LogP contribution in [0.1, 0.15) is 10.4 Å². The second-order valence-electron chi connectivity index (χ2n) is 6.11. The number of aromatic nitrogens is 3. The summed E-state index contributed by atoms with van der Waals surface area (Å²) in [5.41, 5.74) is 0.652.